The largest absolute Gasteiger partial charge is 0.475 e. The van der Waals surface area contributed by atoms with Gasteiger partial charge < -0.3 is 20.1 Å². The second-order valence-corrected chi connectivity index (χ2v) is 15.4. The number of anilines is 1. The van der Waals surface area contributed by atoms with E-state index in [0.29, 0.717) is 58.7 Å². The van der Waals surface area contributed by atoms with Crippen LogP contribution in [-0.2, 0) is 6.42 Å². The maximum atomic E-state index is 17.4. The first-order valence-electron chi connectivity index (χ1n) is 19.8. The number of fused-ring (bicyclic) bond motifs is 2. The first kappa shape index (κ1) is 38.7. The van der Waals surface area contributed by atoms with E-state index in [1.807, 2.05) is 6.07 Å². The van der Waals surface area contributed by atoms with Crippen molar-refractivity contribution in [2.75, 3.05) is 37.7 Å². The standard InChI is InChI=1S/C43H46F4N8O2/c1-4-25(3)32-12-7-11-31-34-37(35(45)36(51-31)29-10-6-9-26-13-14-30(44)28(5-2)33(26)29)52-42(53-40(34)54(32)22-18-48)57-24-43-16-8-21-55(43)27(15-17-43)23-56-41-38(39(46)47)49-19-20-50-41/h2,6,9-10,13-14,19-20,25,27,32,39H,4,7-8,11-12,15-18,21-24,48H2,1,3H3/t25-,27-,32+,43-/m0/s1. The lowest BCUT2D eigenvalue weighted by Gasteiger charge is -2.38. The molecule has 5 aromatic rings. The van der Waals surface area contributed by atoms with E-state index < -0.39 is 23.8 Å². The van der Waals surface area contributed by atoms with E-state index in [1.54, 1.807) is 18.2 Å². The highest BCUT2D eigenvalue weighted by Gasteiger charge is 2.50. The molecule has 0 unspecified atom stereocenters. The summed E-state index contributed by atoms with van der Waals surface area (Å²) in [5.74, 6) is 1.88. The molecule has 57 heavy (non-hydrogen) atoms. The molecule has 0 spiro atoms. The Balaban J connectivity index is 1.20. The summed E-state index contributed by atoms with van der Waals surface area (Å²) >= 11 is 0. The van der Waals surface area contributed by atoms with Gasteiger partial charge in [-0.25, -0.2) is 32.5 Å². The summed E-state index contributed by atoms with van der Waals surface area (Å²) in [7, 11) is 0. The first-order valence-corrected chi connectivity index (χ1v) is 19.8. The van der Waals surface area contributed by atoms with Gasteiger partial charge in [0.25, 0.3) is 6.43 Å². The number of hydrogen-bond donors (Lipinski definition) is 1. The monoisotopic (exact) mass is 782 g/mol. The molecule has 2 saturated heterocycles. The van der Waals surface area contributed by atoms with Crippen LogP contribution in [0.15, 0.2) is 42.7 Å². The molecular formula is C43H46F4N8O2. The van der Waals surface area contributed by atoms with Gasteiger partial charge in [-0.3, -0.25) is 4.90 Å². The Kier molecular flexibility index (Phi) is 10.9. The summed E-state index contributed by atoms with van der Waals surface area (Å²) in [6.07, 6.45) is 12.0. The molecule has 0 radical (unpaired) electrons. The fraction of sp³-hybridized carbons (Fsp3) is 0.465. The van der Waals surface area contributed by atoms with Crippen LogP contribution in [-0.4, -0.2) is 80.3 Å². The molecule has 3 aliphatic rings. The number of terminal acetylenes is 1. The van der Waals surface area contributed by atoms with Gasteiger partial charge in [0.05, 0.1) is 22.2 Å². The van der Waals surface area contributed by atoms with Crippen molar-refractivity contribution in [1.29, 1.82) is 0 Å². The number of rotatable bonds is 12. The Labute approximate surface area is 329 Å². The highest BCUT2D eigenvalue weighted by Crippen LogP contribution is 2.44. The number of nitrogens with two attached hydrogens (primary N) is 1. The quantitative estimate of drug-likeness (QED) is 0.0994. The highest BCUT2D eigenvalue weighted by atomic mass is 19.3. The van der Waals surface area contributed by atoms with Crippen LogP contribution in [0.1, 0.15) is 82.2 Å². The summed E-state index contributed by atoms with van der Waals surface area (Å²) in [6.45, 7) is 6.38. The fourth-order valence-electron chi connectivity index (χ4n) is 9.36. The van der Waals surface area contributed by atoms with Gasteiger partial charge in [-0.05, 0) is 68.9 Å². The molecule has 0 amide bonds. The molecule has 8 rings (SSSR count). The van der Waals surface area contributed by atoms with Crippen molar-refractivity contribution in [2.24, 2.45) is 11.7 Å². The Morgan fingerprint density at radius 1 is 1.02 bits per heavy atom. The van der Waals surface area contributed by atoms with Crippen LogP contribution < -0.4 is 20.1 Å². The van der Waals surface area contributed by atoms with Crippen molar-refractivity contribution >= 4 is 27.5 Å². The van der Waals surface area contributed by atoms with E-state index in [2.05, 4.69) is 39.5 Å². The van der Waals surface area contributed by atoms with Crippen LogP contribution in [0.5, 0.6) is 11.9 Å². The summed E-state index contributed by atoms with van der Waals surface area (Å²) < 4.78 is 72.1. The fourth-order valence-corrected chi connectivity index (χ4v) is 9.36. The number of aryl methyl sites for hydroxylation is 1. The molecule has 0 aliphatic carbocycles. The summed E-state index contributed by atoms with van der Waals surface area (Å²) in [5.41, 5.74) is 6.53. The van der Waals surface area contributed by atoms with Gasteiger partial charge in [-0.1, -0.05) is 50.5 Å². The molecule has 14 heteroatoms. The third-order valence-electron chi connectivity index (χ3n) is 12.3. The molecule has 0 saturated carbocycles. The van der Waals surface area contributed by atoms with Gasteiger partial charge >= 0.3 is 6.01 Å². The minimum atomic E-state index is -2.80. The van der Waals surface area contributed by atoms with Crippen LogP contribution in [0.3, 0.4) is 0 Å². The Hall–Kier alpha value is -5.13. The molecular weight excluding hydrogens is 737 g/mol. The minimum Gasteiger partial charge on any atom is -0.475 e. The van der Waals surface area contributed by atoms with Crippen molar-refractivity contribution in [2.45, 2.75) is 89.3 Å². The summed E-state index contributed by atoms with van der Waals surface area (Å²) in [5, 5.41) is 1.58. The molecule has 10 nitrogen and oxygen atoms in total. The zero-order chi connectivity index (χ0) is 39.8. The van der Waals surface area contributed by atoms with Crippen molar-refractivity contribution in [1.82, 2.24) is 29.8 Å². The number of benzene rings is 2. The maximum Gasteiger partial charge on any atom is 0.319 e. The molecule has 2 aromatic carbocycles. The number of alkyl halides is 2. The number of aromatic nitrogens is 5. The minimum absolute atomic E-state index is 0.0281. The predicted octanol–water partition coefficient (Wildman–Crippen LogP) is 7.80. The van der Waals surface area contributed by atoms with Gasteiger partial charge in [0, 0.05) is 48.5 Å². The zero-order valence-corrected chi connectivity index (χ0v) is 32.2. The average Bonchev–Trinajstić information content (AvgIpc) is 3.79. The number of nitrogens with zero attached hydrogens (tertiary/aromatic N) is 7. The SMILES string of the molecule is C#Cc1c(F)ccc2cccc(-c3nc4c5c(nc(OC[C@@]67CCCN6[C@H](COc6nccnc6C(F)F)CC7)nc5c3F)N(CCN)[C@@H]([C@@H](C)CC)CCC4)c12. The third kappa shape index (κ3) is 6.99. The van der Waals surface area contributed by atoms with E-state index in [4.69, 9.17) is 36.6 Å². The molecule has 6 heterocycles. The van der Waals surface area contributed by atoms with Crippen LogP contribution in [0.2, 0.25) is 0 Å². The number of ether oxygens (including phenoxy) is 2. The lowest BCUT2D eigenvalue weighted by molar-refractivity contribution is 0.0661. The van der Waals surface area contributed by atoms with Crippen LogP contribution in [0.4, 0.5) is 23.4 Å². The lowest BCUT2D eigenvalue weighted by atomic mass is 9.90. The van der Waals surface area contributed by atoms with Gasteiger partial charge in [0.15, 0.2) is 11.5 Å². The van der Waals surface area contributed by atoms with Crippen LogP contribution in [0.25, 0.3) is 32.9 Å². The Morgan fingerprint density at radius 3 is 2.65 bits per heavy atom. The van der Waals surface area contributed by atoms with E-state index >= 15 is 8.78 Å². The van der Waals surface area contributed by atoms with Crippen molar-refractivity contribution in [3.8, 4) is 35.5 Å². The molecule has 2 fully saturated rings. The van der Waals surface area contributed by atoms with Gasteiger partial charge in [0.1, 0.15) is 36.1 Å². The normalized spacial score (nSPS) is 21.4. The molecule has 3 aliphatic heterocycles. The number of hydrogen-bond acceptors (Lipinski definition) is 10. The van der Waals surface area contributed by atoms with Crippen molar-refractivity contribution < 1.29 is 27.0 Å². The lowest BCUT2D eigenvalue weighted by Crippen LogP contribution is -2.48. The maximum absolute atomic E-state index is 17.4. The smallest absolute Gasteiger partial charge is 0.319 e. The average molecular weight is 783 g/mol. The molecule has 0 bridgehead atoms. The van der Waals surface area contributed by atoms with Crippen molar-refractivity contribution in [3.05, 3.63) is 71.3 Å². The van der Waals surface area contributed by atoms with Gasteiger partial charge in [0.2, 0.25) is 5.88 Å². The Morgan fingerprint density at radius 2 is 1.86 bits per heavy atom. The predicted molar refractivity (Wildman–Crippen MR) is 210 cm³/mol. The topological polar surface area (TPSA) is 115 Å². The summed E-state index contributed by atoms with van der Waals surface area (Å²) in [6, 6.07) is 8.30. The van der Waals surface area contributed by atoms with E-state index in [-0.39, 0.29) is 59.5 Å². The second kappa shape index (κ2) is 16.0. The third-order valence-corrected chi connectivity index (χ3v) is 12.3. The van der Waals surface area contributed by atoms with E-state index in [0.717, 1.165) is 51.5 Å². The van der Waals surface area contributed by atoms with Crippen LogP contribution in [0, 0.1) is 29.9 Å². The zero-order valence-electron chi connectivity index (χ0n) is 32.2. The first-order chi connectivity index (χ1) is 27.7. The van der Waals surface area contributed by atoms with E-state index in [9.17, 15) is 8.78 Å². The summed E-state index contributed by atoms with van der Waals surface area (Å²) in [4.78, 5) is 27.1. The molecule has 4 atom stereocenters. The second-order valence-electron chi connectivity index (χ2n) is 15.4. The van der Waals surface area contributed by atoms with E-state index in [1.165, 1.54) is 18.5 Å². The number of pyridine rings is 1. The van der Waals surface area contributed by atoms with Crippen LogP contribution >= 0.6 is 0 Å². The molecule has 3 aromatic heterocycles. The molecule has 2 N–H and O–H groups in total. The van der Waals surface area contributed by atoms with Crippen molar-refractivity contribution in [3.63, 3.8) is 0 Å². The highest BCUT2D eigenvalue weighted by molar-refractivity contribution is 6.02. The van der Waals surface area contributed by atoms with Gasteiger partial charge in [-0.2, -0.15) is 9.97 Å². The van der Waals surface area contributed by atoms with Gasteiger partial charge in [-0.15, -0.1) is 6.42 Å². The Bertz CT molecular complexity index is 2340. The number of halogens is 4. The molecule has 298 valence electrons.